The zero-order valence-corrected chi connectivity index (χ0v) is 10.1. The van der Waals surface area contributed by atoms with E-state index in [0.29, 0.717) is 5.69 Å². The van der Waals surface area contributed by atoms with Crippen LogP contribution in [-0.4, -0.2) is 13.4 Å². The number of hydrogen-bond donors (Lipinski definition) is 1. The van der Waals surface area contributed by atoms with Crippen molar-refractivity contribution in [2.75, 3.05) is 4.72 Å². The molecule has 5 heteroatoms. The van der Waals surface area contributed by atoms with Crippen LogP contribution in [0.25, 0.3) is 0 Å². The van der Waals surface area contributed by atoms with E-state index in [4.69, 9.17) is 0 Å². The van der Waals surface area contributed by atoms with Crippen molar-refractivity contribution in [1.82, 2.24) is 4.98 Å². The molecule has 1 heterocycles. The predicted octanol–water partition coefficient (Wildman–Crippen LogP) is 2.19. The number of hydrogen-bond acceptors (Lipinski definition) is 3. The molecule has 0 aliphatic rings. The molecular weight excluding hydrogens is 236 g/mol. The van der Waals surface area contributed by atoms with Gasteiger partial charge in [0.2, 0.25) is 0 Å². The summed E-state index contributed by atoms with van der Waals surface area (Å²) in [5.74, 6) is 0. The van der Waals surface area contributed by atoms with Gasteiger partial charge in [-0.25, -0.2) is 8.42 Å². The van der Waals surface area contributed by atoms with E-state index in [1.807, 2.05) is 6.92 Å². The Morgan fingerprint density at radius 3 is 2.47 bits per heavy atom. The minimum Gasteiger partial charge on any atom is -0.278 e. The van der Waals surface area contributed by atoms with Crippen molar-refractivity contribution < 1.29 is 8.42 Å². The normalized spacial score (nSPS) is 11.1. The van der Waals surface area contributed by atoms with Crippen LogP contribution in [0.4, 0.5) is 5.69 Å². The lowest BCUT2D eigenvalue weighted by atomic mass is 10.3. The average molecular weight is 248 g/mol. The standard InChI is InChI=1S/C12H12N2O2S/c1-10-7-11(9-13-8-10)14-17(15,16)12-5-3-2-4-6-12/h2-9,14H,1H3. The van der Waals surface area contributed by atoms with E-state index < -0.39 is 10.0 Å². The molecule has 4 nitrogen and oxygen atoms in total. The summed E-state index contributed by atoms with van der Waals surface area (Å²) in [4.78, 5) is 4.17. The quantitative estimate of drug-likeness (QED) is 0.905. The molecule has 2 rings (SSSR count). The molecule has 1 N–H and O–H groups in total. The SMILES string of the molecule is Cc1cncc(NS(=O)(=O)c2ccccc2)c1. The van der Waals surface area contributed by atoms with Crippen molar-refractivity contribution in [1.29, 1.82) is 0 Å². The Balaban J connectivity index is 2.30. The Bertz CT molecular complexity index is 609. The van der Waals surface area contributed by atoms with Gasteiger partial charge in [0, 0.05) is 6.20 Å². The number of nitrogens with zero attached hydrogens (tertiary/aromatic N) is 1. The number of anilines is 1. The Hall–Kier alpha value is -1.88. The summed E-state index contributed by atoms with van der Waals surface area (Å²) in [5.41, 5.74) is 1.37. The number of rotatable bonds is 3. The summed E-state index contributed by atoms with van der Waals surface area (Å²) in [6, 6.07) is 9.96. The maximum absolute atomic E-state index is 12.0. The maximum Gasteiger partial charge on any atom is 0.261 e. The first-order chi connectivity index (χ1) is 8.08. The van der Waals surface area contributed by atoms with Crippen LogP contribution in [0.3, 0.4) is 0 Å². The first-order valence-corrected chi connectivity index (χ1v) is 6.56. The molecule has 0 amide bonds. The van der Waals surface area contributed by atoms with Gasteiger partial charge in [-0.15, -0.1) is 0 Å². The smallest absolute Gasteiger partial charge is 0.261 e. The average Bonchev–Trinajstić information content (AvgIpc) is 2.29. The fourth-order valence-corrected chi connectivity index (χ4v) is 2.48. The first-order valence-electron chi connectivity index (χ1n) is 5.07. The van der Waals surface area contributed by atoms with Gasteiger partial charge < -0.3 is 0 Å². The molecule has 0 radical (unpaired) electrons. The van der Waals surface area contributed by atoms with Gasteiger partial charge in [0.05, 0.1) is 16.8 Å². The third kappa shape index (κ3) is 2.82. The van der Waals surface area contributed by atoms with Gasteiger partial charge in [0.25, 0.3) is 10.0 Å². The lowest BCUT2D eigenvalue weighted by molar-refractivity contribution is 0.601. The summed E-state index contributed by atoms with van der Waals surface area (Å²) in [5, 5.41) is 0. The van der Waals surface area contributed by atoms with Crippen molar-refractivity contribution in [2.45, 2.75) is 11.8 Å². The monoisotopic (exact) mass is 248 g/mol. The van der Waals surface area contributed by atoms with Gasteiger partial charge in [0.15, 0.2) is 0 Å². The molecular formula is C12H12N2O2S. The molecule has 1 aromatic heterocycles. The largest absolute Gasteiger partial charge is 0.278 e. The molecule has 17 heavy (non-hydrogen) atoms. The minimum atomic E-state index is -3.52. The maximum atomic E-state index is 12.0. The van der Waals surface area contributed by atoms with Gasteiger partial charge in [-0.1, -0.05) is 18.2 Å². The summed E-state index contributed by atoms with van der Waals surface area (Å²) in [6.07, 6.45) is 3.15. The molecule has 0 aliphatic carbocycles. The second kappa shape index (κ2) is 4.55. The van der Waals surface area contributed by atoms with Crippen LogP contribution in [0, 0.1) is 6.92 Å². The molecule has 0 atom stereocenters. The lowest BCUT2D eigenvalue weighted by Crippen LogP contribution is -2.12. The second-order valence-corrected chi connectivity index (χ2v) is 5.35. The zero-order chi connectivity index (χ0) is 12.3. The summed E-state index contributed by atoms with van der Waals surface area (Å²) in [7, 11) is -3.52. The van der Waals surface area contributed by atoms with Crippen LogP contribution >= 0.6 is 0 Å². The highest BCUT2D eigenvalue weighted by Crippen LogP contribution is 2.15. The number of nitrogens with one attached hydrogen (secondary N) is 1. The van der Waals surface area contributed by atoms with Gasteiger partial charge in [-0.05, 0) is 30.7 Å². The van der Waals surface area contributed by atoms with Gasteiger partial charge in [0.1, 0.15) is 0 Å². The number of benzene rings is 1. The van der Waals surface area contributed by atoms with Crippen LogP contribution < -0.4 is 4.72 Å². The Morgan fingerprint density at radius 2 is 1.82 bits per heavy atom. The predicted molar refractivity (Wildman–Crippen MR) is 66.2 cm³/mol. The molecule has 0 unspecified atom stereocenters. The minimum absolute atomic E-state index is 0.238. The molecule has 2 aromatic rings. The number of aryl methyl sites for hydroxylation is 1. The topological polar surface area (TPSA) is 59.1 Å². The molecule has 0 bridgehead atoms. The highest BCUT2D eigenvalue weighted by atomic mass is 32.2. The van der Waals surface area contributed by atoms with Crippen molar-refractivity contribution in [3.8, 4) is 0 Å². The molecule has 0 fully saturated rings. The molecule has 0 saturated carbocycles. The van der Waals surface area contributed by atoms with Gasteiger partial charge in [-0.3, -0.25) is 9.71 Å². The van der Waals surface area contributed by atoms with E-state index in [9.17, 15) is 8.42 Å². The summed E-state index contributed by atoms with van der Waals surface area (Å²) >= 11 is 0. The fourth-order valence-electron chi connectivity index (χ4n) is 1.42. The van der Waals surface area contributed by atoms with E-state index in [-0.39, 0.29) is 4.90 Å². The van der Waals surface area contributed by atoms with E-state index in [0.717, 1.165) is 5.56 Å². The fraction of sp³-hybridized carbons (Fsp3) is 0.0833. The zero-order valence-electron chi connectivity index (χ0n) is 9.29. The number of pyridine rings is 1. The molecule has 0 spiro atoms. The van der Waals surface area contributed by atoms with E-state index >= 15 is 0 Å². The van der Waals surface area contributed by atoms with Crippen LogP contribution in [0.2, 0.25) is 0 Å². The second-order valence-electron chi connectivity index (χ2n) is 3.67. The van der Waals surface area contributed by atoms with E-state index in [1.165, 1.54) is 6.20 Å². The van der Waals surface area contributed by atoms with Gasteiger partial charge >= 0.3 is 0 Å². The molecule has 1 aromatic carbocycles. The number of aromatic nitrogens is 1. The third-order valence-corrected chi connectivity index (χ3v) is 3.58. The van der Waals surface area contributed by atoms with Crippen molar-refractivity contribution in [3.05, 3.63) is 54.4 Å². The number of sulfonamides is 1. The van der Waals surface area contributed by atoms with E-state index in [2.05, 4.69) is 9.71 Å². The van der Waals surface area contributed by atoms with Crippen molar-refractivity contribution >= 4 is 15.7 Å². The third-order valence-electron chi connectivity index (χ3n) is 2.18. The Morgan fingerprint density at radius 1 is 1.12 bits per heavy atom. The van der Waals surface area contributed by atoms with Crippen LogP contribution in [0.15, 0.2) is 53.7 Å². The highest BCUT2D eigenvalue weighted by Gasteiger charge is 2.13. The van der Waals surface area contributed by atoms with Crippen LogP contribution in [-0.2, 0) is 10.0 Å². The molecule has 0 saturated heterocycles. The summed E-state index contributed by atoms with van der Waals surface area (Å²) in [6.45, 7) is 1.85. The Kier molecular flexibility index (Phi) is 3.10. The van der Waals surface area contributed by atoms with Crippen molar-refractivity contribution in [3.63, 3.8) is 0 Å². The first kappa shape index (κ1) is 11.6. The van der Waals surface area contributed by atoms with Crippen molar-refractivity contribution in [2.24, 2.45) is 0 Å². The van der Waals surface area contributed by atoms with Gasteiger partial charge in [-0.2, -0.15) is 0 Å². The van der Waals surface area contributed by atoms with E-state index in [1.54, 1.807) is 42.6 Å². The Labute approximate surface area is 100 Å². The highest BCUT2D eigenvalue weighted by molar-refractivity contribution is 7.92. The van der Waals surface area contributed by atoms with Crippen LogP contribution in [0.5, 0.6) is 0 Å². The molecule has 0 aliphatic heterocycles. The van der Waals surface area contributed by atoms with Crippen LogP contribution in [0.1, 0.15) is 5.56 Å². The molecule has 88 valence electrons. The summed E-state index contributed by atoms with van der Waals surface area (Å²) < 4.78 is 26.4. The lowest BCUT2D eigenvalue weighted by Gasteiger charge is -2.07.